The van der Waals surface area contributed by atoms with Gasteiger partial charge in [-0.25, -0.2) is 0 Å². The molecule has 1 aromatic heterocycles. The van der Waals surface area contributed by atoms with Crippen LogP contribution in [0, 0.1) is 0 Å². The van der Waals surface area contributed by atoms with Gasteiger partial charge in [-0.05, 0) is 68.0 Å². The zero-order valence-electron chi connectivity index (χ0n) is 22.3. The summed E-state index contributed by atoms with van der Waals surface area (Å²) in [6.07, 6.45) is 2.02. The van der Waals surface area contributed by atoms with Gasteiger partial charge in [0.2, 0.25) is 0 Å². The number of aromatic nitrogens is 1. The van der Waals surface area contributed by atoms with Crippen molar-refractivity contribution in [2.24, 2.45) is 0 Å². The molecular weight excluding hydrogens is 434 g/mol. The fraction of sp³-hybridized carbons (Fsp3) is 0.229. The molecule has 0 unspecified atom stereocenters. The summed E-state index contributed by atoms with van der Waals surface area (Å²) in [6.45, 7) is 13.6. The maximum atomic E-state index is 4.87. The Balaban J connectivity index is 1.67. The molecule has 0 saturated carbocycles. The molecule has 0 aliphatic carbocycles. The Kier molecular flexibility index (Phi) is 6.04. The highest BCUT2D eigenvalue weighted by Gasteiger charge is 2.21. The molecule has 1 heterocycles. The van der Waals surface area contributed by atoms with Crippen LogP contribution in [0.4, 0.5) is 0 Å². The van der Waals surface area contributed by atoms with E-state index in [0.717, 1.165) is 11.1 Å². The molecule has 1 nitrogen and oxygen atoms in total. The van der Waals surface area contributed by atoms with Gasteiger partial charge in [-0.2, -0.15) is 0 Å². The lowest BCUT2D eigenvalue weighted by Gasteiger charge is -2.25. The number of hydrogen-bond acceptors (Lipinski definition) is 1. The molecule has 4 aromatic carbocycles. The lowest BCUT2D eigenvalue weighted by atomic mass is 9.79. The predicted molar refractivity (Wildman–Crippen MR) is 155 cm³/mol. The summed E-state index contributed by atoms with van der Waals surface area (Å²) in [5.41, 5.74) is 11.2. The minimum Gasteiger partial charge on any atom is -0.256 e. The third-order valence-electron chi connectivity index (χ3n) is 7.01. The Morgan fingerprint density at radius 3 is 1.89 bits per heavy atom. The molecule has 0 amide bonds. The van der Waals surface area contributed by atoms with Gasteiger partial charge in [0.1, 0.15) is 0 Å². The van der Waals surface area contributed by atoms with E-state index < -0.39 is 0 Å². The Morgan fingerprint density at radius 1 is 0.500 bits per heavy atom. The van der Waals surface area contributed by atoms with E-state index in [-0.39, 0.29) is 10.8 Å². The van der Waals surface area contributed by atoms with E-state index in [1.54, 1.807) is 0 Å². The summed E-state index contributed by atoms with van der Waals surface area (Å²) < 4.78 is 0. The van der Waals surface area contributed by atoms with Crippen LogP contribution in [0.1, 0.15) is 52.7 Å². The van der Waals surface area contributed by atoms with Crippen LogP contribution < -0.4 is 0 Å². The summed E-state index contributed by atoms with van der Waals surface area (Å²) >= 11 is 0. The van der Waals surface area contributed by atoms with E-state index in [0.29, 0.717) is 0 Å². The molecule has 0 aliphatic heterocycles. The number of hydrogen-bond donors (Lipinski definition) is 0. The second-order valence-electron chi connectivity index (χ2n) is 11.8. The second-order valence-corrected chi connectivity index (χ2v) is 11.8. The van der Waals surface area contributed by atoms with Crippen LogP contribution in [0.3, 0.4) is 0 Å². The number of fused-ring (bicyclic) bond motifs is 1. The van der Waals surface area contributed by atoms with E-state index in [4.69, 9.17) is 4.98 Å². The van der Waals surface area contributed by atoms with Crippen LogP contribution in [0.15, 0.2) is 103 Å². The lowest BCUT2D eigenvalue weighted by molar-refractivity contribution is 0.591. The summed E-state index contributed by atoms with van der Waals surface area (Å²) in [5.74, 6) is 0. The zero-order chi connectivity index (χ0) is 25.5. The number of nitrogens with zero attached hydrogens (tertiary/aromatic N) is 1. The molecule has 0 N–H and O–H groups in total. The third kappa shape index (κ3) is 4.71. The number of benzene rings is 4. The van der Waals surface area contributed by atoms with E-state index >= 15 is 0 Å². The van der Waals surface area contributed by atoms with Gasteiger partial charge in [-0.15, -0.1) is 0 Å². The van der Waals surface area contributed by atoms with E-state index in [1.807, 2.05) is 6.20 Å². The van der Waals surface area contributed by atoms with Crippen molar-refractivity contribution >= 4 is 10.9 Å². The summed E-state index contributed by atoms with van der Waals surface area (Å²) in [7, 11) is 0. The smallest absolute Gasteiger partial charge is 0.0705 e. The van der Waals surface area contributed by atoms with Crippen LogP contribution in [0.25, 0.3) is 44.3 Å². The fourth-order valence-corrected chi connectivity index (χ4v) is 4.93. The monoisotopic (exact) mass is 469 g/mol. The Morgan fingerprint density at radius 2 is 1.19 bits per heavy atom. The van der Waals surface area contributed by atoms with Gasteiger partial charge in [0.05, 0.1) is 5.52 Å². The number of rotatable bonds is 3. The Bertz CT molecular complexity index is 1530. The third-order valence-corrected chi connectivity index (χ3v) is 7.01. The van der Waals surface area contributed by atoms with Gasteiger partial charge in [0.25, 0.3) is 0 Å². The Hall–Kier alpha value is -3.71. The predicted octanol–water partition coefficient (Wildman–Crippen LogP) is 9.83. The molecular formula is C35H35N. The average Bonchev–Trinajstić information content (AvgIpc) is 2.87. The Labute approximate surface area is 215 Å². The van der Waals surface area contributed by atoms with Crippen molar-refractivity contribution in [1.29, 1.82) is 0 Å². The van der Waals surface area contributed by atoms with Crippen molar-refractivity contribution < 1.29 is 0 Å². The topological polar surface area (TPSA) is 12.9 Å². The molecule has 0 saturated heterocycles. The molecule has 1 heteroatoms. The van der Waals surface area contributed by atoms with Crippen molar-refractivity contribution in [3.05, 3.63) is 114 Å². The van der Waals surface area contributed by atoms with Crippen molar-refractivity contribution in [2.45, 2.75) is 52.4 Å². The highest BCUT2D eigenvalue weighted by molar-refractivity contribution is 5.89. The van der Waals surface area contributed by atoms with E-state index in [1.165, 1.54) is 44.3 Å². The maximum absolute atomic E-state index is 4.87. The average molecular weight is 470 g/mol. The molecule has 0 bridgehead atoms. The van der Waals surface area contributed by atoms with E-state index in [2.05, 4.69) is 139 Å². The largest absolute Gasteiger partial charge is 0.256 e. The van der Waals surface area contributed by atoms with Crippen LogP contribution in [-0.4, -0.2) is 4.98 Å². The highest BCUT2D eigenvalue weighted by Crippen LogP contribution is 2.40. The summed E-state index contributed by atoms with van der Waals surface area (Å²) in [6, 6.07) is 35.3. The SMILES string of the molecule is CC(C)(C)c1ccc2cc(-c3ccc(C(C)(C)C)c(-c4ccccc4-c4ccccc4)c3)cnc2c1. The number of pyridine rings is 1. The lowest BCUT2D eigenvalue weighted by Crippen LogP contribution is -2.13. The summed E-state index contributed by atoms with van der Waals surface area (Å²) in [5, 5.41) is 1.17. The fourth-order valence-electron chi connectivity index (χ4n) is 4.93. The quantitative estimate of drug-likeness (QED) is 0.256. The molecule has 0 spiro atoms. The van der Waals surface area contributed by atoms with Gasteiger partial charge >= 0.3 is 0 Å². The molecule has 5 rings (SSSR count). The van der Waals surface area contributed by atoms with Gasteiger partial charge < -0.3 is 0 Å². The minimum absolute atomic E-state index is 0.0165. The minimum atomic E-state index is 0.0165. The maximum Gasteiger partial charge on any atom is 0.0705 e. The molecule has 0 aliphatic rings. The standard InChI is InChI=1S/C35H35N/c1-34(2,3)28-18-16-26-20-27(23-36-33(26)22-28)25-17-19-32(35(4,5)6)31(21-25)30-15-11-10-14-29(30)24-12-8-7-9-13-24/h7-23H,1-6H3. The summed E-state index contributed by atoms with van der Waals surface area (Å²) in [4.78, 5) is 4.87. The zero-order valence-corrected chi connectivity index (χ0v) is 22.3. The normalized spacial score (nSPS) is 12.2. The molecule has 0 radical (unpaired) electrons. The van der Waals surface area contributed by atoms with Gasteiger partial charge in [-0.1, -0.05) is 120 Å². The molecule has 5 aromatic rings. The first-order valence-corrected chi connectivity index (χ1v) is 12.8. The van der Waals surface area contributed by atoms with Crippen LogP contribution in [-0.2, 0) is 10.8 Å². The van der Waals surface area contributed by atoms with Crippen molar-refractivity contribution in [3.63, 3.8) is 0 Å². The van der Waals surface area contributed by atoms with Crippen molar-refractivity contribution in [3.8, 4) is 33.4 Å². The van der Waals surface area contributed by atoms with E-state index in [9.17, 15) is 0 Å². The molecule has 0 atom stereocenters. The first kappa shape index (κ1) is 24.0. The van der Waals surface area contributed by atoms with Crippen LogP contribution >= 0.6 is 0 Å². The van der Waals surface area contributed by atoms with Crippen molar-refractivity contribution in [2.75, 3.05) is 0 Å². The first-order valence-electron chi connectivity index (χ1n) is 12.8. The molecule has 0 fully saturated rings. The molecule has 180 valence electrons. The highest BCUT2D eigenvalue weighted by atomic mass is 14.6. The van der Waals surface area contributed by atoms with Crippen LogP contribution in [0.5, 0.6) is 0 Å². The first-order chi connectivity index (χ1) is 17.1. The van der Waals surface area contributed by atoms with Gasteiger partial charge in [0, 0.05) is 17.1 Å². The van der Waals surface area contributed by atoms with Crippen LogP contribution in [0.2, 0.25) is 0 Å². The van der Waals surface area contributed by atoms with Gasteiger partial charge in [0.15, 0.2) is 0 Å². The second kappa shape index (κ2) is 9.06. The van der Waals surface area contributed by atoms with Crippen molar-refractivity contribution in [1.82, 2.24) is 4.98 Å². The molecule has 36 heavy (non-hydrogen) atoms. The van der Waals surface area contributed by atoms with Gasteiger partial charge in [-0.3, -0.25) is 4.98 Å².